The Kier molecular flexibility index (Phi) is 5.03. The Morgan fingerprint density at radius 2 is 1.74 bits per heavy atom. The first-order valence-corrected chi connectivity index (χ1v) is 9.70. The van der Waals surface area contributed by atoms with Gasteiger partial charge in [-0.3, -0.25) is 4.79 Å². The van der Waals surface area contributed by atoms with Crippen LogP contribution in [0.2, 0.25) is 0 Å². The van der Waals surface area contributed by atoms with E-state index in [1.165, 1.54) is 12.8 Å². The molecule has 0 aromatic heterocycles. The van der Waals surface area contributed by atoms with Gasteiger partial charge in [0.25, 0.3) is 5.91 Å². The summed E-state index contributed by atoms with van der Waals surface area (Å²) in [6.07, 6.45) is 2.38. The number of nitrogens with two attached hydrogens (primary N) is 1. The van der Waals surface area contributed by atoms with E-state index in [0.717, 1.165) is 35.7 Å². The minimum Gasteiger partial charge on any atom is -0.497 e. The summed E-state index contributed by atoms with van der Waals surface area (Å²) in [5.74, 6) is 1.07. The van der Waals surface area contributed by atoms with E-state index >= 15 is 0 Å². The average molecular weight is 365 g/mol. The van der Waals surface area contributed by atoms with Crippen LogP contribution in [0.1, 0.15) is 34.7 Å². The third-order valence-electron chi connectivity index (χ3n) is 5.78. The summed E-state index contributed by atoms with van der Waals surface area (Å²) in [5.41, 5.74) is 9.42. The molecule has 2 saturated heterocycles. The second-order valence-electron chi connectivity index (χ2n) is 7.46. The molecule has 5 nitrogen and oxygen atoms in total. The zero-order valence-corrected chi connectivity index (χ0v) is 15.8. The summed E-state index contributed by atoms with van der Waals surface area (Å²) in [4.78, 5) is 17.5. The van der Waals surface area contributed by atoms with E-state index in [4.69, 9.17) is 10.5 Å². The maximum absolute atomic E-state index is 13.3. The minimum atomic E-state index is -0.0544. The number of likely N-dealkylation sites (tertiary alicyclic amines) is 1. The lowest BCUT2D eigenvalue weighted by molar-refractivity contribution is 0.0789. The summed E-state index contributed by atoms with van der Waals surface area (Å²) in [5, 5.41) is 0. The lowest BCUT2D eigenvalue weighted by Gasteiger charge is -2.24. The minimum absolute atomic E-state index is 0.0544. The van der Waals surface area contributed by atoms with Crippen LogP contribution in [-0.4, -0.2) is 50.1 Å². The fraction of sp³-hybridized carbons (Fsp3) is 0.409. The molecule has 27 heavy (non-hydrogen) atoms. The van der Waals surface area contributed by atoms with Crippen molar-refractivity contribution in [3.8, 4) is 5.75 Å². The first-order valence-electron chi connectivity index (χ1n) is 9.70. The number of carbonyl (C=O) groups is 1. The van der Waals surface area contributed by atoms with Gasteiger partial charge in [0.2, 0.25) is 0 Å². The van der Waals surface area contributed by atoms with Crippen LogP contribution in [0.4, 0.5) is 5.69 Å². The highest BCUT2D eigenvalue weighted by Crippen LogP contribution is 2.31. The van der Waals surface area contributed by atoms with Crippen LogP contribution in [0, 0.1) is 0 Å². The molecule has 2 N–H and O–H groups in total. The molecule has 142 valence electrons. The lowest BCUT2D eigenvalue weighted by atomic mass is 9.95. The van der Waals surface area contributed by atoms with Crippen molar-refractivity contribution >= 4 is 11.6 Å². The number of methoxy groups -OCH3 is 1. The van der Waals surface area contributed by atoms with Crippen LogP contribution in [0.15, 0.2) is 48.5 Å². The van der Waals surface area contributed by atoms with Crippen molar-refractivity contribution in [2.75, 3.05) is 38.2 Å². The summed E-state index contributed by atoms with van der Waals surface area (Å²) in [6, 6.07) is 15.9. The van der Waals surface area contributed by atoms with Gasteiger partial charge in [-0.25, -0.2) is 0 Å². The van der Waals surface area contributed by atoms with Gasteiger partial charge in [-0.2, -0.15) is 0 Å². The standard InChI is InChI=1S/C22H27N3O2/c1-27-17-10-8-16(9-11-17)19-14-25(15-20(19)23)22(26)18-6-2-3-7-21(18)24-12-4-5-13-24/h2-3,6-11,19-20H,4-5,12-15,23H2,1H3/t19-,20+/m0/s1. The topological polar surface area (TPSA) is 58.8 Å². The second-order valence-corrected chi connectivity index (χ2v) is 7.46. The number of hydrogen-bond donors (Lipinski definition) is 1. The maximum atomic E-state index is 13.3. The predicted molar refractivity (Wildman–Crippen MR) is 108 cm³/mol. The number of anilines is 1. The van der Waals surface area contributed by atoms with Crippen LogP contribution < -0.4 is 15.4 Å². The molecule has 1 amide bonds. The normalized spacial score (nSPS) is 22.3. The van der Waals surface area contributed by atoms with Gasteiger partial charge in [0.15, 0.2) is 0 Å². The van der Waals surface area contributed by atoms with Crippen molar-refractivity contribution in [2.24, 2.45) is 5.73 Å². The van der Waals surface area contributed by atoms with E-state index in [0.29, 0.717) is 13.1 Å². The van der Waals surface area contributed by atoms with Crippen LogP contribution in [0.5, 0.6) is 5.75 Å². The molecule has 5 heteroatoms. The zero-order chi connectivity index (χ0) is 18.8. The fourth-order valence-corrected chi connectivity index (χ4v) is 4.26. The molecule has 2 aromatic carbocycles. The molecule has 2 aromatic rings. The van der Waals surface area contributed by atoms with Gasteiger partial charge in [-0.15, -0.1) is 0 Å². The van der Waals surface area contributed by atoms with Crippen LogP contribution in [0.25, 0.3) is 0 Å². The lowest BCUT2D eigenvalue weighted by Crippen LogP contribution is -2.33. The molecule has 2 aliphatic heterocycles. The molecule has 4 rings (SSSR count). The number of nitrogens with zero attached hydrogens (tertiary/aromatic N) is 2. The Morgan fingerprint density at radius 3 is 2.44 bits per heavy atom. The van der Waals surface area contributed by atoms with Crippen molar-refractivity contribution in [3.63, 3.8) is 0 Å². The number of amides is 1. The molecule has 0 spiro atoms. The van der Waals surface area contributed by atoms with E-state index in [1.807, 2.05) is 35.2 Å². The number of ether oxygens (including phenoxy) is 1. The number of carbonyl (C=O) groups excluding carboxylic acids is 1. The zero-order valence-electron chi connectivity index (χ0n) is 15.8. The third-order valence-corrected chi connectivity index (χ3v) is 5.78. The van der Waals surface area contributed by atoms with Crippen molar-refractivity contribution in [2.45, 2.75) is 24.8 Å². The predicted octanol–water partition coefficient (Wildman–Crippen LogP) is 2.86. The van der Waals surface area contributed by atoms with Crippen molar-refractivity contribution < 1.29 is 9.53 Å². The smallest absolute Gasteiger partial charge is 0.256 e. The molecule has 2 heterocycles. The van der Waals surface area contributed by atoms with Crippen molar-refractivity contribution in [1.82, 2.24) is 4.90 Å². The van der Waals surface area contributed by atoms with Crippen LogP contribution >= 0.6 is 0 Å². The highest BCUT2D eigenvalue weighted by molar-refractivity contribution is 6.00. The van der Waals surface area contributed by atoms with Gasteiger partial charge in [0, 0.05) is 43.8 Å². The second kappa shape index (κ2) is 7.61. The molecule has 2 fully saturated rings. The first kappa shape index (κ1) is 17.9. The number of para-hydroxylation sites is 1. The third kappa shape index (κ3) is 3.52. The Bertz CT molecular complexity index is 799. The van der Waals surface area contributed by atoms with E-state index in [9.17, 15) is 4.79 Å². The van der Waals surface area contributed by atoms with Gasteiger partial charge in [0.05, 0.1) is 12.7 Å². The van der Waals surface area contributed by atoms with Crippen molar-refractivity contribution in [3.05, 3.63) is 59.7 Å². The fourth-order valence-electron chi connectivity index (χ4n) is 4.26. The number of benzene rings is 2. The summed E-state index contributed by atoms with van der Waals surface area (Å²) >= 11 is 0. The van der Waals surface area contributed by atoms with Crippen LogP contribution in [-0.2, 0) is 0 Å². The van der Waals surface area contributed by atoms with Crippen molar-refractivity contribution in [1.29, 1.82) is 0 Å². The molecular weight excluding hydrogens is 338 g/mol. The highest BCUT2D eigenvalue weighted by Gasteiger charge is 2.35. The number of rotatable bonds is 4. The Morgan fingerprint density at radius 1 is 1.04 bits per heavy atom. The average Bonchev–Trinajstić information content (AvgIpc) is 3.37. The van der Waals surface area contributed by atoms with E-state index < -0.39 is 0 Å². The summed E-state index contributed by atoms with van der Waals surface area (Å²) in [6.45, 7) is 3.29. The molecule has 0 saturated carbocycles. The quantitative estimate of drug-likeness (QED) is 0.905. The van der Waals surface area contributed by atoms with Gasteiger partial charge in [-0.1, -0.05) is 24.3 Å². The summed E-state index contributed by atoms with van der Waals surface area (Å²) in [7, 11) is 1.66. The maximum Gasteiger partial charge on any atom is 0.256 e. The van der Waals surface area contributed by atoms with E-state index in [2.05, 4.69) is 23.1 Å². The van der Waals surface area contributed by atoms with Gasteiger partial charge >= 0.3 is 0 Å². The van der Waals surface area contributed by atoms with Crippen LogP contribution in [0.3, 0.4) is 0 Å². The molecule has 0 bridgehead atoms. The molecule has 2 aliphatic rings. The van der Waals surface area contributed by atoms with E-state index in [-0.39, 0.29) is 17.9 Å². The monoisotopic (exact) mass is 365 g/mol. The van der Waals surface area contributed by atoms with E-state index in [1.54, 1.807) is 7.11 Å². The molecule has 0 radical (unpaired) electrons. The Hall–Kier alpha value is -2.53. The number of hydrogen-bond acceptors (Lipinski definition) is 4. The molecular formula is C22H27N3O2. The Balaban J connectivity index is 1.53. The van der Waals surface area contributed by atoms with Gasteiger partial charge < -0.3 is 20.3 Å². The molecule has 0 aliphatic carbocycles. The first-order chi connectivity index (χ1) is 13.2. The molecule has 2 atom stereocenters. The van der Waals surface area contributed by atoms with Gasteiger partial charge in [-0.05, 0) is 42.7 Å². The van der Waals surface area contributed by atoms with Gasteiger partial charge in [0.1, 0.15) is 5.75 Å². The molecule has 0 unspecified atom stereocenters. The largest absolute Gasteiger partial charge is 0.497 e. The highest BCUT2D eigenvalue weighted by atomic mass is 16.5. The summed E-state index contributed by atoms with van der Waals surface area (Å²) < 4.78 is 5.24. The SMILES string of the molecule is COc1ccc([C@@H]2CN(C(=O)c3ccccc3N3CCCC3)C[C@H]2N)cc1. The Labute approximate surface area is 160 Å².